The van der Waals surface area contributed by atoms with Gasteiger partial charge < -0.3 is 4.98 Å². The van der Waals surface area contributed by atoms with Crippen LogP contribution in [-0.2, 0) is 13.6 Å². The largest absolute Gasteiger partial charge is 0.328 e. The van der Waals surface area contributed by atoms with E-state index in [1.54, 1.807) is 10.8 Å². The van der Waals surface area contributed by atoms with Crippen molar-refractivity contribution in [3.63, 3.8) is 0 Å². The van der Waals surface area contributed by atoms with Crippen molar-refractivity contribution in [1.82, 2.24) is 34.2 Å². The van der Waals surface area contributed by atoms with Gasteiger partial charge >= 0.3 is 5.69 Å². The molecule has 23 heavy (non-hydrogen) atoms. The lowest BCUT2D eigenvalue weighted by molar-refractivity contribution is 0.315. The molecule has 0 saturated carbocycles. The van der Waals surface area contributed by atoms with Gasteiger partial charge in [0, 0.05) is 37.9 Å². The van der Waals surface area contributed by atoms with Crippen molar-refractivity contribution in [2.24, 2.45) is 7.05 Å². The molecule has 1 aliphatic rings. The fourth-order valence-corrected chi connectivity index (χ4v) is 3.32. The Labute approximate surface area is 132 Å². The summed E-state index contributed by atoms with van der Waals surface area (Å²) in [6.07, 6.45) is 5.99. The van der Waals surface area contributed by atoms with Crippen LogP contribution in [0.3, 0.4) is 0 Å². The molecule has 8 heteroatoms. The van der Waals surface area contributed by atoms with Crippen molar-refractivity contribution in [3.8, 4) is 0 Å². The van der Waals surface area contributed by atoms with E-state index < -0.39 is 0 Å². The number of fused-ring (bicyclic) bond motifs is 1. The van der Waals surface area contributed by atoms with Crippen LogP contribution < -0.4 is 5.69 Å². The molecule has 0 radical (unpaired) electrons. The van der Waals surface area contributed by atoms with Gasteiger partial charge in [0.2, 0.25) is 0 Å². The summed E-state index contributed by atoms with van der Waals surface area (Å²) in [6.45, 7) is 4.74. The molecular formula is C15H19N7O. The van der Waals surface area contributed by atoms with Crippen LogP contribution in [0.25, 0.3) is 11.2 Å². The molecule has 0 aromatic carbocycles. The molecule has 0 amide bonds. The number of H-pyrrole nitrogens is 1. The third-order valence-corrected chi connectivity index (χ3v) is 4.72. The van der Waals surface area contributed by atoms with E-state index in [1.807, 2.05) is 17.9 Å². The van der Waals surface area contributed by atoms with Crippen molar-refractivity contribution >= 4 is 11.2 Å². The number of aryl methyl sites for hydroxylation is 1. The summed E-state index contributed by atoms with van der Waals surface area (Å²) >= 11 is 0. The lowest BCUT2D eigenvalue weighted by Crippen LogP contribution is -2.26. The van der Waals surface area contributed by atoms with Gasteiger partial charge in [-0.05, 0) is 13.3 Å². The molecule has 8 nitrogen and oxygen atoms in total. The Balaban J connectivity index is 1.57. The van der Waals surface area contributed by atoms with Gasteiger partial charge in [0.05, 0.1) is 18.4 Å². The number of rotatable bonds is 3. The molecule has 0 bridgehead atoms. The molecule has 3 aromatic heterocycles. The number of aromatic amines is 1. The van der Waals surface area contributed by atoms with Crippen LogP contribution in [0, 0.1) is 6.92 Å². The molecule has 0 unspecified atom stereocenters. The minimum Gasteiger partial charge on any atom is -0.303 e. The number of nitrogens with zero attached hydrogens (tertiary/aromatic N) is 6. The van der Waals surface area contributed by atoms with Gasteiger partial charge in [0.15, 0.2) is 5.65 Å². The Morgan fingerprint density at radius 1 is 1.39 bits per heavy atom. The number of hydrogen-bond donors (Lipinski definition) is 1. The van der Waals surface area contributed by atoms with Gasteiger partial charge in [-0.15, -0.1) is 0 Å². The Bertz CT molecular complexity index is 906. The summed E-state index contributed by atoms with van der Waals surface area (Å²) in [5.74, 6) is 0. The molecule has 1 aliphatic heterocycles. The molecule has 1 fully saturated rings. The zero-order valence-electron chi connectivity index (χ0n) is 13.2. The van der Waals surface area contributed by atoms with Gasteiger partial charge in [0.1, 0.15) is 11.8 Å². The molecule has 4 rings (SSSR count). The van der Waals surface area contributed by atoms with E-state index in [0.717, 1.165) is 26.1 Å². The number of nitrogens with one attached hydrogen (secondary N) is 1. The van der Waals surface area contributed by atoms with E-state index in [1.165, 1.54) is 17.6 Å². The van der Waals surface area contributed by atoms with Crippen LogP contribution in [0.5, 0.6) is 0 Å². The van der Waals surface area contributed by atoms with Crippen molar-refractivity contribution in [3.05, 3.63) is 40.5 Å². The van der Waals surface area contributed by atoms with Crippen LogP contribution in [0.4, 0.5) is 0 Å². The Hall–Kier alpha value is -2.48. The highest BCUT2D eigenvalue weighted by Crippen LogP contribution is 2.24. The Morgan fingerprint density at radius 2 is 2.26 bits per heavy atom. The second-order valence-corrected chi connectivity index (χ2v) is 6.12. The molecule has 4 heterocycles. The van der Waals surface area contributed by atoms with E-state index in [2.05, 4.69) is 31.9 Å². The van der Waals surface area contributed by atoms with Crippen LogP contribution >= 0.6 is 0 Å². The third kappa shape index (κ3) is 2.35. The van der Waals surface area contributed by atoms with Crippen molar-refractivity contribution in [2.45, 2.75) is 25.9 Å². The fourth-order valence-electron chi connectivity index (χ4n) is 3.32. The first-order valence-electron chi connectivity index (χ1n) is 7.73. The average molecular weight is 313 g/mol. The van der Waals surface area contributed by atoms with E-state index in [0.29, 0.717) is 11.2 Å². The van der Waals surface area contributed by atoms with Crippen LogP contribution in [0.1, 0.15) is 23.7 Å². The Morgan fingerprint density at radius 3 is 3.04 bits per heavy atom. The van der Waals surface area contributed by atoms with E-state index in [-0.39, 0.29) is 11.7 Å². The second kappa shape index (κ2) is 5.31. The number of aromatic nitrogens is 6. The van der Waals surface area contributed by atoms with E-state index in [9.17, 15) is 4.79 Å². The van der Waals surface area contributed by atoms with Crippen LogP contribution in [0.15, 0.2) is 23.5 Å². The minimum atomic E-state index is -0.107. The van der Waals surface area contributed by atoms with Crippen LogP contribution in [0.2, 0.25) is 0 Å². The standard InChI is InChI=1S/C15H19N7O/c1-10-11(5-18-20(10)2)7-21-4-3-12(8-21)22-14-13(19-15(22)23)6-16-9-17-14/h5-6,9,12H,3-4,7-8H2,1-2H3,(H,19,23)/t12-/m1/s1. The minimum absolute atomic E-state index is 0.107. The maximum atomic E-state index is 12.3. The molecule has 1 saturated heterocycles. The lowest BCUT2D eigenvalue weighted by Gasteiger charge is -2.16. The van der Waals surface area contributed by atoms with Gasteiger partial charge in [-0.3, -0.25) is 14.1 Å². The SMILES string of the molecule is Cc1c(CN2CC[C@@H](n3c(=O)[nH]c4cncnc43)C2)cnn1C. The first-order chi connectivity index (χ1) is 11.1. The van der Waals surface area contributed by atoms with Gasteiger partial charge in [-0.1, -0.05) is 0 Å². The average Bonchev–Trinajstić information content (AvgIpc) is 3.20. The zero-order valence-corrected chi connectivity index (χ0v) is 13.2. The lowest BCUT2D eigenvalue weighted by atomic mass is 10.2. The summed E-state index contributed by atoms with van der Waals surface area (Å²) in [5.41, 5.74) is 3.70. The molecule has 120 valence electrons. The van der Waals surface area contributed by atoms with Gasteiger partial charge in [-0.25, -0.2) is 14.8 Å². The highest BCUT2D eigenvalue weighted by Gasteiger charge is 2.27. The second-order valence-electron chi connectivity index (χ2n) is 6.12. The number of likely N-dealkylation sites (tertiary alicyclic amines) is 1. The highest BCUT2D eigenvalue weighted by molar-refractivity contribution is 5.69. The Kier molecular flexibility index (Phi) is 3.26. The van der Waals surface area contributed by atoms with Gasteiger partial charge in [-0.2, -0.15) is 5.10 Å². The van der Waals surface area contributed by atoms with E-state index in [4.69, 9.17) is 0 Å². The highest BCUT2D eigenvalue weighted by atomic mass is 16.1. The maximum absolute atomic E-state index is 12.3. The molecule has 1 N–H and O–H groups in total. The van der Waals surface area contributed by atoms with Crippen molar-refractivity contribution in [2.75, 3.05) is 13.1 Å². The third-order valence-electron chi connectivity index (χ3n) is 4.72. The molecule has 0 spiro atoms. The predicted octanol–water partition coefficient (Wildman–Crippen LogP) is 0.609. The summed E-state index contributed by atoms with van der Waals surface area (Å²) in [5, 5.41) is 4.30. The monoisotopic (exact) mass is 313 g/mol. The normalized spacial score (nSPS) is 19.0. The smallest absolute Gasteiger partial charge is 0.303 e. The maximum Gasteiger partial charge on any atom is 0.328 e. The fraction of sp³-hybridized carbons (Fsp3) is 0.467. The summed E-state index contributed by atoms with van der Waals surface area (Å²) in [6, 6.07) is 0.142. The van der Waals surface area contributed by atoms with Gasteiger partial charge in [0.25, 0.3) is 0 Å². The van der Waals surface area contributed by atoms with Crippen LogP contribution in [-0.4, -0.2) is 47.3 Å². The molecular weight excluding hydrogens is 294 g/mol. The molecule has 0 aliphatic carbocycles. The summed E-state index contributed by atoms with van der Waals surface area (Å²) in [7, 11) is 1.96. The molecule has 3 aromatic rings. The first-order valence-corrected chi connectivity index (χ1v) is 7.73. The van der Waals surface area contributed by atoms with E-state index >= 15 is 0 Å². The topological polar surface area (TPSA) is 84.6 Å². The zero-order chi connectivity index (χ0) is 16.0. The van der Waals surface area contributed by atoms with Crippen molar-refractivity contribution < 1.29 is 0 Å². The number of hydrogen-bond acceptors (Lipinski definition) is 5. The predicted molar refractivity (Wildman–Crippen MR) is 85.0 cm³/mol. The first kappa shape index (κ1) is 14.1. The molecule has 1 atom stereocenters. The van der Waals surface area contributed by atoms with Crippen molar-refractivity contribution in [1.29, 1.82) is 0 Å². The summed E-state index contributed by atoms with van der Waals surface area (Å²) < 4.78 is 3.66. The number of imidazole rings is 1. The quantitative estimate of drug-likeness (QED) is 0.766. The summed E-state index contributed by atoms with van der Waals surface area (Å²) in [4.78, 5) is 25.7.